The van der Waals surface area contributed by atoms with Crippen molar-refractivity contribution in [2.45, 2.75) is 25.1 Å². The number of halogens is 4. The average molecular weight is 495 g/mol. The van der Waals surface area contributed by atoms with Crippen LogP contribution in [0.4, 0.5) is 13.2 Å². The number of carbonyl (C=O) groups excluding carboxylic acids is 2. The number of ether oxygens (including phenoxy) is 1. The molecule has 4 rings (SSSR count). The third-order valence-corrected chi connectivity index (χ3v) is 5.88. The maximum absolute atomic E-state index is 13.8. The summed E-state index contributed by atoms with van der Waals surface area (Å²) in [5.41, 5.74) is -0.585. The van der Waals surface area contributed by atoms with Gasteiger partial charge in [0.15, 0.2) is 0 Å². The van der Waals surface area contributed by atoms with Gasteiger partial charge in [0.25, 0.3) is 11.8 Å². The lowest BCUT2D eigenvalue weighted by molar-refractivity contribution is -0.138. The molecule has 180 valence electrons. The fraction of sp³-hybridized carbons (Fsp3) is 0.348. The number of fused-ring (bicyclic) bond motifs is 1. The molecule has 1 unspecified atom stereocenters. The minimum absolute atomic E-state index is 0.0248. The van der Waals surface area contributed by atoms with Gasteiger partial charge in [-0.05, 0) is 49.2 Å². The summed E-state index contributed by atoms with van der Waals surface area (Å²) in [5, 5.41) is 3.15. The van der Waals surface area contributed by atoms with Crippen molar-refractivity contribution in [1.82, 2.24) is 20.2 Å². The third kappa shape index (κ3) is 5.02. The summed E-state index contributed by atoms with van der Waals surface area (Å²) in [5.74, 6) is -1.08. The SMILES string of the molecule is COCC(NC(=O)c1ccc(C(=O)N2CCCC2)c(C(F)(F)F)c1)c1nc2ccc(Cl)cc2[nH]1. The smallest absolute Gasteiger partial charge is 0.382 e. The predicted octanol–water partition coefficient (Wildman–Crippen LogP) is 4.59. The summed E-state index contributed by atoms with van der Waals surface area (Å²) in [4.78, 5) is 34.4. The van der Waals surface area contributed by atoms with Crippen LogP contribution in [0.15, 0.2) is 36.4 Å². The highest BCUT2D eigenvalue weighted by molar-refractivity contribution is 6.31. The molecule has 1 saturated heterocycles. The number of aromatic nitrogens is 2. The average Bonchev–Trinajstić information content (AvgIpc) is 3.47. The number of benzene rings is 2. The zero-order valence-electron chi connectivity index (χ0n) is 18.2. The van der Waals surface area contributed by atoms with Crippen molar-refractivity contribution < 1.29 is 27.5 Å². The first kappa shape index (κ1) is 24.0. The lowest BCUT2D eigenvalue weighted by atomic mass is 10.0. The monoisotopic (exact) mass is 494 g/mol. The van der Waals surface area contributed by atoms with Crippen LogP contribution >= 0.6 is 11.6 Å². The molecule has 2 N–H and O–H groups in total. The van der Waals surface area contributed by atoms with Crippen molar-refractivity contribution in [3.05, 3.63) is 63.9 Å². The van der Waals surface area contributed by atoms with E-state index in [-0.39, 0.29) is 12.2 Å². The van der Waals surface area contributed by atoms with Gasteiger partial charge >= 0.3 is 6.18 Å². The molecule has 11 heteroatoms. The molecule has 0 spiro atoms. The Bertz CT molecular complexity index is 1220. The highest BCUT2D eigenvalue weighted by Gasteiger charge is 2.37. The van der Waals surface area contributed by atoms with E-state index in [4.69, 9.17) is 16.3 Å². The number of likely N-dealkylation sites (tertiary alicyclic amines) is 1. The molecule has 1 atom stereocenters. The van der Waals surface area contributed by atoms with Gasteiger partial charge in [-0.25, -0.2) is 4.98 Å². The Morgan fingerprint density at radius 2 is 1.94 bits per heavy atom. The number of amides is 2. The molecule has 2 amide bonds. The summed E-state index contributed by atoms with van der Waals surface area (Å²) in [6, 6.07) is 7.27. The quantitative estimate of drug-likeness (QED) is 0.525. The maximum Gasteiger partial charge on any atom is 0.417 e. The van der Waals surface area contributed by atoms with E-state index < -0.39 is 35.2 Å². The highest BCUT2D eigenvalue weighted by atomic mass is 35.5. The van der Waals surface area contributed by atoms with Crippen LogP contribution in [-0.2, 0) is 10.9 Å². The number of nitrogens with one attached hydrogen (secondary N) is 2. The van der Waals surface area contributed by atoms with E-state index in [2.05, 4.69) is 15.3 Å². The molecular formula is C23H22ClF3N4O3. The molecule has 2 aromatic carbocycles. The Morgan fingerprint density at radius 1 is 1.21 bits per heavy atom. The molecule has 0 saturated carbocycles. The second kappa shape index (κ2) is 9.63. The van der Waals surface area contributed by atoms with Crippen LogP contribution in [0.25, 0.3) is 11.0 Å². The number of alkyl halides is 3. The largest absolute Gasteiger partial charge is 0.417 e. The number of imidazole rings is 1. The van der Waals surface area contributed by atoms with Crippen LogP contribution in [0.2, 0.25) is 5.02 Å². The van der Waals surface area contributed by atoms with E-state index in [0.29, 0.717) is 41.0 Å². The summed E-state index contributed by atoms with van der Waals surface area (Å²) in [6.45, 7) is 0.858. The van der Waals surface area contributed by atoms with Crippen molar-refractivity contribution in [2.24, 2.45) is 0 Å². The second-order valence-electron chi connectivity index (χ2n) is 8.02. The van der Waals surface area contributed by atoms with E-state index in [0.717, 1.165) is 18.9 Å². The molecule has 3 aromatic rings. The molecule has 0 aliphatic carbocycles. The molecule has 0 radical (unpaired) electrons. The van der Waals surface area contributed by atoms with Gasteiger partial charge in [-0.2, -0.15) is 13.2 Å². The molecule has 2 heterocycles. The van der Waals surface area contributed by atoms with Gasteiger partial charge in [0, 0.05) is 30.8 Å². The molecule has 0 bridgehead atoms. The minimum atomic E-state index is -4.80. The summed E-state index contributed by atoms with van der Waals surface area (Å²) in [7, 11) is 1.43. The number of rotatable bonds is 6. The summed E-state index contributed by atoms with van der Waals surface area (Å²) >= 11 is 6.00. The molecule has 34 heavy (non-hydrogen) atoms. The van der Waals surface area contributed by atoms with Gasteiger partial charge in [-0.1, -0.05) is 11.6 Å². The fourth-order valence-corrected chi connectivity index (χ4v) is 4.13. The van der Waals surface area contributed by atoms with E-state index in [9.17, 15) is 22.8 Å². The Labute approximate surface area is 198 Å². The number of aromatic amines is 1. The number of H-pyrrole nitrogens is 1. The van der Waals surface area contributed by atoms with Crippen LogP contribution in [0.5, 0.6) is 0 Å². The van der Waals surface area contributed by atoms with E-state index in [1.54, 1.807) is 18.2 Å². The van der Waals surface area contributed by atoms with E-state index >= 15 is 0 Å². The molecule has 1 aliphatic rings. The zero-order chi connectivity index (χ0) is 24.5. The Kier molecular flexibility index (Phi) is 6.81. The number of hydrogen-bond acceptors (Lipinski definition) is 4. The first-order chi connectivity index (χ1) is 16.2. The Balaban J connectivity index is 1.61. The Morgan fingerprint density at radius 3 is 2.62 bits per heavy atom. The molecule has 1 fully saturated rings. The van der Waals surface area contributed by atoms with Crippen LogP contribution in [0.1, 0.15) is 51.0 Å². The van der Waals surface area contributed by atoms with Crippen LogP contribution in [0.3, 0.4) is 0 Å². The van der Waals surface area contributed by atoms with Crippen LogP contribution < -0.4 is 5.32 Å². The number of carbonyl (C=O) groups is 2. The van der Waals surface area contributed by atoms with Crippen molar-refractivity contribution in [3.8, 4) is 0 Å². The standard InChI is InChI=1S/C23H22ClF3N4O3/c1-34-12-19(20-28-17-7-5-14(24)11-18(17)29-20)30-21(32)13-4-6-15(16(10-13)23(25,26)27)22(33)31-8-2-3-9-31/h4-7,10-11,19H,2-3,8-9,12H2,1H3,(H,28,29)(H,30,32). The fourth-order valence-electron chi connectivity index (χ4n) is 3.96. The number of nitrogens with zero attached hydrogens (tertiary/aromatic N) is 2. The topological polar surface area (TPSA) is 87.3 Å². The predicted molar refractivity (Wildman–Crippen MR) is 120 cm³/mol. The van der Waals surface area contributed by atoms with Crippen LogP contribution in [-0.4, -0.2) is 53.5 Å². The number of hydrogen-bond donors (Lipinski definition) is 2. The van der Waals surface area contributed by atoms with Crippen molar-refractivity contribution in [2.75, 3.05) is 26.8 Å². The maximum atomic E-state index is 13.8. The molecule has 7 nitrogen and oxygen atoms in total. The second-order valence-corrected chi connectivity index (χ2v) is 8.46. The van der Waals surface area contributed by atoms with E-state index in [1.165, 1.54) is 18.1 Å². The highest BCUT2D eigenvalue weighted by Crippen LogP contribution is 2.34. The van der Waals surface area contributed by atoms with Crippen molar-refractivity contribution in [1.29, 1.82) is 0 Å². The van der Waals surface area contributed by atoms with Gasteiger partial charge in [0.2, 0.25) is 0 Å². The van der Waals surface area contributed by atoms with Crippen molar-refractivity contribution >= 4 is 34.4 Å². The first-order valence-corrected chi connectivity index (χ1v) is 11.0. The van der Waals surface area contributed by atoms with Gasteiger partial charge < -0.3 is 19.9 Å². The molecule has 1 aliphatic heterocycles. The summed E-state index contributed by atoms with van der Waals surface area (Å²) < 4.78 is 46.5. The van der Waals surface area contributed by atoms with Crippen molar-refractivity contribution in [3.63, 3.8) is 0 Å². The van der Waals surface area contributed by atoms with Gasteiger partial charge in [0.1, 0.15) is 11.9 Å². The minimum Gasteiger partial charge on any atom is -0.382 e. The lowest BCUT2D eigenvalue weighted by Crippen LogP contribution is -2.33. The number of methoxy groups -OCH3 is 1. The van der Waals surface area contributed by atoms with Gasteiger partial charge in [-0.15, -0.1) is 0 Å². The first-order valence-electron chi connectivity index (χ1n) is 10.6. The molecule has 1 aromatic heterocycles. The Hall–Kier alpha value is -3.11. The van der Waals surface area contributed by atoms with Crippen LogP contribution in [0, 0.1) is 0 Å². The summed E-state index contributed by atoms with van der Waals surface area (Å²) in [6.07, 6.45) is -3.30. The molecular weight excluding hydrogens is 473 g/mol. The lowest BCUT2D eigenvalue weighted by Gasteiger charge is -2.20. The van der Waals surface area contributed by atoms with E-state index in [1.807, 2.05) is 0 Å². The normalized spacial score (nSPS) is 15.0. The zero-order valence-corrected chi connectivity index (χ0v) is 19.0. The van der Waals surface area contributed by atoms with Gasteiger partial charge in [-0.3, -0.25) is 9.59 Å². The van der Waals surface area contributed by atoms with Gasteiger partial charge in [0.05, 0.1) is 28.8 Å². The third-order valence-electron chi connectivity index (χ3n) is 5.64.